The van der Waals surface area contributed by atoms with Crippen LogP contribution in [0.2, 0.25) is 0 Å². The van der Waals surface area contributed by atoms with E-state index in [0.29, 0.717) is 6.42 Å². The van der Waals surface area contributed by atoms with Crippen LogP contribution in [0.15, 0.2) is 54.9 Å². The van der Waals surface area contributed by atoms with E-state index in [0.717, 1.165) is 11.1 Å². The minimum atomic E-state index is 0.0430. The fourth-order valence-electron chi connectivity index (χ4n) is 2.08. The molecule has 0 aliphatic rings. The van der Waals surface area contributed by atoms with Crippen molar-refractivity contribution in [2.75, 3.05) is 0 Å². The normalized spacial score (nSPS) is 13.5. The predicted octanol–water partition coefficient (Wildman–Crippen LogP) is 3.39. The number of rotatable bonds is 5. The van der Waals surface area contributed by atoms with Crippen LogP contribution in [0.1, 0.15) is 36.6 Å². The van der Waals surface area contributed by atoms with Crippen molar-refractivity contribution >= 4 is 0 Å². The molecule has 1 N–H and O–H groups in total. The molecule has 19 heavy (non-hydrogen) atoms. The summed E-state index contributed by atoms with van der Waals surface area (Å²) in [6.45, 7) is 2.09. The van der Waals surface area contributed by atoms with Gasteiger partial charge in [0, 0.05) is 24.5 Å². The number of hydrogen-bond acceptors (Lipinski definition) is 3. The molecule has 0 saturated carbocycles. The van der Waals surface area contributed by atoms with Crippen molar-refractivity contribution in [3.05, 3.63) is 66.0 Å². The van der Waals surface area contributed by atoms with Gasteiger partial charge in [-0.2, -0.15) is 5.26 Å². The molecular formula is C16H17N3. The Bertz CT molecular complexity index is 531. The molecule has 0 aliphatic heterocycles. The van der Waals surface area contributed by atoms with Crippen LogP contribution in [-0.2, 0) is 0 Å². The van der Waals surface area contributed by atoms with Crippen LogP contribution in [0.3, 0.4) is 0 Å². The van der Waals surface area contributed by atoms with Gasteiger partial charge in [0.15, 0.2) is 0 Å². The van der Waals surface area contributed by atoms with E-state index in [1.165, 1.54) is 0 Å². The molecule has 2 atom stereocenters. The fourth-order valence-corrected chi connectivity index (χ4v) is 2.08. The van der Waals surface area contributed by atoms with Gasteiger partial charge in [0.25, 0.3) is 0 Å². The van der Waals surface area contributed by atoms with Crippen molar-refractivity contribution in [2.24, 2.45) is 0 Å². The lowest BCUT2D eigenvalue weighted by atomic mass is 10.0. The summed E-state index contributed by atoms with van der Waals surface area (Å²) in [5, 5.41) is 12.5. The number of nitrogens with zero attached hydrogens (tertiary/aromatic N) is 2. The Labute approximate surface area is 113 Å². The first-order chi connectivity index (χ1) is 9.31. The summed E-state index contributed by atoms with van der Waals surface area (Å²) in [5.74, 6) is 0. The van der Waals surface area contributed by atoms with Crippen molar-refractivity contribution in [2.45, 2.75) is 25.4 Å². The van der Waals surface area contributed by atoms with E-state index >= 15 is 0 Å². The number of nitrogens with one attached hydrogen (secondary N) is 1. The molecule has 1 unspecified atom stereocenters. The minimum Gasteiger partial charge on any atom is -0.302 e. The Hall–Kier alpha value is -2.18. The minimum absolute atomic E-state index is 0.0430. The molecule has 1 aromatic carbocycles. The van der Waals surface area contributed by atoms with E-state index in [9.17, 15) is 0 Å². The van der Waals surface area contributed by atoms with Gasteiger partial charge in [0.1, 0.15) is 0 Å². The summed E-state index contributed by atoms with van der Waals surface area (Å²) in [4.78, 5) is 4.13. The predicted molar refractivity (Wildman–Crippen MR) is 75.2 cm³/mol. The molecule has 0 bridgehead atoms. The quantitative estimate of drug-likeness (QED) is 0.886. The van der Waals surface area contributed by atoms with E-state index in [1.54, 1.807) is 6.20 Å². The van der Waals surface area contributed by atoms with Gasteiger partial charge in [-0.1, -0.05) is 36.4 Å². The standard InChI is InChI=1S/C16H17N3/c1-13(15-8-5-11-18-12-15)19-16(9-10-17)14-6-3-2-4-7-14/h2-8,11-13,16,19H,9H2,1H3/t13-,16?/m0/s1. The Balaban J connectivity index is 2.12. The summed E-state index contributed by atoms with van der Waals surface area (Å²) in [6.07, 6.45) is 4.07. The summed E-state index contributed by atoms with van der Waals surface area (Å²) >= 11 is 0. The van der Waals surface area contributed by atoms with E-state index in [2.05, 4.69) is 23.3 Å². The molecule has 1 heterocycles. The number of aromatic nitrogens is 1. The third kappa shape index (κ3) is 3.64. The Morgan fingerprint density at radius 2 is 1.89 bits per heavy atom. The van der Waals surface area contributed by atoms with Crippen LogP contribution in [-0.4, -0.2) is 4.98 Å². The smallest absolute Gasteiger partial charge is 0.0641 e. The average molecular weight is 251 g/mol. The molecule has 0 aliphatic carbocycles. The van der Waals surface area contributed by atoms with Gasteiger partial charge in [0.2, 0.25) is 0 Å². The molecule has 3 nitrogen and oxygen atoms in total. The molecule has 0 spiro atoms. The lowest BCUT2D eigenvalue weighted by Gasteiger charge is -2.22. The van der Waals surface area contributed by atoms with Crippen LogP contribution in [0.5, 0.6) is 0 Å². The van der Waals surface area contributed by atoms with Gasteiger partial charge in [-0.3, -0.25) is 4.98 Å². The number of hydrogen-bond donors (Lipinski definition) is 1. The maximum absolute atomic E-state index is 8.98. The largest absolute Gasteiger partial charge is 0.302 e. The van der Waals surface area contributed by atoms with Gasteiger partial charge in [-0.15, -0.1) is 0 Å². The molecule has 0 amide bonds. The highest BCUT2D eigenvalue weighted by Gasteiger charge is 2.14. The highest BCUT2D eigenvalue weighted by Crippen LogP contribution is 2.21. The second-order valence-corrected chi connectivity index (χ2v) is 4.50. The molecular weight excluding hydrogens is 234 g/mol. The second kappa shape index (κ2) is 6.67. The monoisotopic (exact) mass is 251 g/mol. The van der Waals surface area contributed by atoms with Crippen LogP contribution in [0.25, 0.3) is 0 Å². The van der Waals surface area contributed by atoms with Crippen molar-refractivity contribution in [1.82, 2.24) is 10.3 Å². The molecule has 0 radical (unpaired) electrons. The van der Waals surface area contributed by atoms with E-state index < -0.39 is 0 Å². The van der Waals surface area contributed by atoms with E-state index in [1.807, 2.05) is 48.7 Å². The van der Waals surface area contributed by atoms with Crippen molar-refractivity contribution in [3.8, 4) is 6.07 Å². The van der Waals surface area contributed by atoms with Gasteiger partial charge < -0.3 is 5.32 Å². The van der Waals surface area contributed by atoms with Gasteiger partial charge in [-0.25, -0.2) is 0 Å². The lowest BCUT2D eigenvalue weighted by molar-refractivity contribution is 0.472. The number of pyridine rings is 1. The third-order valence-electron chi connectivity index (χ3n) is 3.13. The maximum atomic E-state index is 8.98. The molecule has 1 aromatic heterocycles. The first-order valence-electron chi connectivity index (χ1n) is 6.39. The first-order valence-corrected chi connectivity index (χ1v) is 6.39. The molecule has 2 aromatic rings. The lowest BCUT2D eigenvalue weighted by Crippen LogP contribution is -2.24. The van der Waals surface area contributed by atoms with Gasteiger partial charge in [-0.05, 0) is 24.1 Å². The molecule has 96 valence electrons. The van der Waals surface area contributed by atoms with Crippen molar-refractivity contribution < 1.29 is 0 Å². The first kappa shape index (κ1) is 13.3. The maximum Gasteiger partial charge on any atom is 0.0641 e. The summed E-state index contributed by atoms with van der Waals surface area (Å²) < 4.78 is 0. The second-order valence-electron chi connectivity index (χ2n) is 4.50. The molecule has 3 heteroatoms. The molecule has 2 rings (SSSR count). The summed E-state index contributed by atoms with van der Waals surface area (Å²) in [6, 6.07) is 16.5. The van der Waals surface area contributed by atoms with Crippen LogP contribution in [0.4, 0.5) is 0 Å². The third-order valence-corrected chi connectivity index (χ3v) is 3.13. The Morgan fingerprint density at radius 1 is 1.16 bits per heavy atom. The van der Waals surface area contributed by atoms with Crippen LogP contribution in [0, 0.1) is 11.3 Å². The molecule has 0 saturated heterocycles. The molecule has 0 fully saturated rings. The zero-order chi connectivity index (χ0) is 13.5. The zero-order valence-electron chi connectivity index (χ0n) is 11.0. The summed E-state index contributed by atoms with van der Waals surface area (Å²) in [5.41, 5.74) is 2.26. The van der Waals surface area contributed by atoms with Gasteiger partial charge >= 0.3 is 0 Å². The summed E-state index contributed by atoms with van der Waals surface area (Å²) in [7, 11) is 0. The number of nitriles is 1. The van der Waals surface area contributed by atoms with Crippen molar-refractivity contribution in [3.63, 3.8) is 0 Å². The Kier molecular flexibility index (Phi) is 4.66. The average Bonchev–Trinajstić information content (AvgIpc) is 2.48. The fraction of sp³-hybridized carbons (Fsp3) is 0.250. The van der Waals surface area contributed by atoms with E-state index in [4.69, 9.17) is 5.26 Å². The SMILES string of the molecule is C[C@H](NC(CC#N)c1ccccc1)c1cccnc1. The van der Waals surface area contributed by atoms with Gasteiger partial charge in [0.05, 0.1) is 12.5 Å². The van der Waals surface area contributed by atoms with E-state index in [-0.39, 0.29) is 12.1 Å². The zero-order valence-corrected chi connectivity index (χ0v) is 11.0. The van der Waals surface area contributed by atoms with Crippen LogP contribution >= 0.6 is 0 Å². The Morgan fingerprint density at radius 3 is 2.53 bits per heavy atom. The highest BCUT2D eigenvalue weighted by molar-refractivity contribution is 5.21. The van der Waals surface area contributed by atoms with Crippen LogP contribution < -0.4 is 5.32 Å². The highest BCUT2D eigenvalue weighted by atomic mass is 14.9. The van der Waals surface area contributed by atoms with Crippen molar-refractivity contribution in [1.29, 1.82) is 5.26 Å². The topological polar surface area (TPSA) is 48.7 Å². The number of benzene rings is 1.